The Kier molecular flexibility index (Phi) is 6.95. The number of anilines is 1. The van der Waals surface area contributed by atoms with Crippen molar-refractivity contribution in [2.75, 3.05) is 18.5 Å². The lowest BCUT2D eigenvalue weighted by atomic mass is 9.99. The van der Waals surface area contributed by atoms with Crippen molar-refractivity contribution in [2.45, 2.75) is 45.2 Å². The molecular formula is C24H24F4N6O. The van der Waals surface area contributed by atoms with E-state index in [9.17, 15) is 22.4 Å². The fourth-order valence-corrected chi connectivity index (χ4v) is 4.06. The van der Waals surface area contributed by atoms with Crippen LogP contribution in [0.4, 0.5) is 23.4 Å². The van der Waals surface area contributed by atoms with Gasteiger partial charge in [0.15, 0.2) is 5.82 Å². The van der Waals surface area contributed by atoms with Gasteiger partial charge in [-0.05, 0) is 56.9 Å². The zero-order chi connectivity index (χ0) is 25.2. The van der Waals surface area contributed by atoms with Gasteiger partial charge in [-0.1, -0.05) is 0 Å². The fourth-order valence-electron chi connectivity index (χ4n) is 4.06. The average molecular weight is 488 g/mol. The maximum absolute atomic E-state index is 14.3. The van der Waals surface area contributed by atoms with Gasteiger partial charge in [0.25, 0.3) is 0 Å². The molecule has 0 saturated heterocycles. The van der Waals surface area contributed by atoms with E-state index in [-0.39, 0.29) is 12.2 Å². The Bertz CT molecular complexity index is 1220. The normalized spacial score (nSPS) is 15.3. The van der Waals surface area contributed by atoms with Gasteiger partial charge >= 0.3 is 6.18 Å². The van der Waals surface area contributed by atoms with Gasteiger partial charge in [0.05, 0.1) is 24.5 Å². The summed E-state index contributed by atoms with van der Waals surface area (Å²) in [5.74, 6) is -1.36. The van der Waals surface area contributed by atoms with E-state index in [1.54, 1.807) is 18.5 Å². The van der Waals surface area contributed by atoms with Crippen molar-refractivity contribution in [3.8, 4) is 11.4 Å². The Morgan fingerprint density at radius 3 is 2.60 bits per heavy atom. The maximum Gasteiger partial charge on any atom is 0.433 e. The number of amides is 1. The number of alkyl halides is 3. The van der Waals surface area contributed by atoms with Crippen molar-refractivity contribution >= 4 is 11.7 Å². The molecule has 1 aliphatic heterocycles. The van der Waals surface area contributed by atoms with Crippen LogP contribution >= 0.6 is 0 Å². The minimum absolute atomic E-state index is 0.0859. The molecule has 0 spiro atoms. The zero-order valence-electron chi connectivity index (χ0n) is 19.2. The number of rotatable bonds is 3. The highest BCUT2D eigenvalue weighted by atomic mass is 19.4. The lowest BCUT2D eigenvalue weighted by Crippen LogP contribution is -2.39. The van der Waals surface area contributed by atoms with Crippen LogP contribution in [-0.2, 0) is 17.4 Å². The molecule has 0 saturated carbocycles. The molecule has 0 radical (unpaired) electrons. The Morgan fingerprint density at radius 2 is 1.89 bits per heavy atom. The molecule has 4 heterocycles. The number of aryl methyl sites for hydroxylation is 2. The van der Waals surface area contributed by atoms with Gasteiger partial charge in [0.2, 0.25) is 5.91 Å². The number of aromatic nitrogens is 4. The third kappa shape index (κ3) is 5.39. The summed E-state index contributed by atoms with van der Waals surface area (Å²) >= 11 is 0. The summed E-state index contributed by atoms with van der Waals surface area (Å²) < 4.78 is 53.5. The first-order valence-corrected chi connectivity index (χ1v) is 11.2. The van der Waals surface area contributed by atoms with Crippen LogP contribution < -0.4 is 5.32 Å². The lowest BCUT2D eigenvalue weighted by Gasteiger charge is -2.26. The van der Waals surface area contributed by atoms with E-state index in [0.717, 1.165) is 17.5 Å². The first-order chi connectivity index (χ1) is 16.6. The maximum atomic E-state index is 14.3. The van der Waals surface area contributed by atoms with Gasteiger partial charge in [-0.25, -0.2) is 24.3 Å². The molecule has 4 rings (SSSR count). The highest BCUT2D eigenvalue weighted by molar-refractivity contribution is 5.83. The first-order valence-electron chi connectivity index (χ1n) is 11.2. The van der Waals surface area contributed by atoms with Crippen molar-refractivity contribution in [1.29, 1.82) is 0 Å². The third-order valence-corrected chi connectivity index (χ3v) is 5.98. The second-order valence-corrected chi connectivity index (χ2v) is 8.41. The Balaban J connectivity index is 1.56. The van der Waals surface area contributed by atoms with E-state index in [4.69, 9.17) is 0 Å². The summed E-state index contributed by atoms with van der Waals surface area (Å²) in [4.78, 5) is 31.0. The summed E-state index contributed by atoms with van der Waals surface area (Å²) in [6, 6.07) is 4.33. The van der Waals surface area contributed by atoms with E-state index < -0.39 is 29.5 Å². The minimum atomic E-state index is -4.73. The molecule has 1 N–H and O–H groups in total. The van der Waals surface area contributed by atoms with Crippen LogP contribution in [0.5, 0.6) is 0 Å². The van der Waals surface area contributed by atoms with Crippen LogP contribution in [-0.4, -0.2) is 44.0 Å². The molecule has 0 unspecified atom stereocenters. The second-order valence-electron chi connectivity index (χ2n) is 8.41. The quantitative estimate of drug-likeness (QED) is 0.537. The smallest absolute Gasteiger partial charge is 0.352 e. The predicted molar refractivity (Wildman–Crippen MR) is 121 cm³/mol. The SMILES string of the molecule is Cc1nc2c(cc1-c1ncccn1)CCCCN(C(=O)[C@@H](C)c1cc(C(F)(F)F)ncc1F)CN2. The molecule has 3 aromatic rings. The largest absolute Gasteiger partial charge is 0.433 e. The molecule has 0 aromatic carbocycles. The molecule has 1 aliphatic rings. The van der Waals surface area contributed by atoms with Crippen LogP contribution in [0.1, 0.15) is 48.2 Å². The number of pyridine rings is 2. The molecule has 11 heteroatoms. The Labute approximate surface area is 199 Å². The van der Waals surface area contributed by atoms with Crippen LogP contribution in [0.3, 0.4) is 0 Å². The van der Waals surface area contributed by atoms with Crippen molar-refractivity contribution in [3.05, 3.63) is 65.1 Å². The summed E-state index contributed by atoms with van der Waals surface area (Å²) in [5, 5.41) is 3.18. The van der Waals surface area contributed by atoms with Gasteiger partial charge in [0.1, 0.15) is 17.3 Å². The molecule has 184 valence electrons. The summed E-state index contributed by atoms with van der Waals surface area (Å²) in [6.45, 7) is 3.70. The number of carbonyl (C=O) groups is 1. The molecule has 35 heavy (non-hydrogen) atoms. The number of fused-ring (bicyclic) bond motifs is 1. The molecule has 7 nitrogen and oxygen atoms in total. The highest BCUT2D eigenvalue weighted by Crippen LogP contribution is 2.32. The van der Waals surface area contributed by atoms with E-state index in [0.29, 0.717) is 49.0 Å². The predicted octanol–water partition coefficient (Wildman–Crippen LogP) is 4.74. The second kappa shape index (κ2) is 9.93. The van der Waals surface area contributed by atoms with Crippen molar-refractivity contribution in [3.63, 3.8) is 0 Å². The molecular weight excluding hydrogens is 464 g/mol. The van der Waals surface area contributed by atoms with Gasteiger partial charge in [0, 0.05) is 30.1 Å². The van der Waals surface area contributed by atoms with Crippen molar-refractivity contribution in [1.82, 2.24) is 24.8 Å². The molecule has 1 amide bonds. The topological polar surface area (TPSA) is 83.9 Å². The number of carbonyl (C=O) groups excluding carboxylic acids is 1. The van der Waals surface area contributed by atoms with Gasteiger partial charge in [-0.3, -0.25) is 4.79 Å². The number of halogens is 4. The molecule has 0 bridgehead atoms. The summed E-state index contributed by atoms with van der Waals surface area (Å²) in [5.41, 5.74) is 0.921. The first kappa shape index (κ1) is 24.5. The minimum Gasteiger partial charge on any atom is -0.352 e. The fraction of sp³-hybridized carbons (Fsp3) is 0.375. The average Bonchev–Trinajstić information content (AvgIpc) is 2.93. The summed E-state index contributed by atoms with van der Waals surface area (Å²) in [6.07, 6.45) is 1.23. The summed E-state index contributed by atoms with van der Waals surface area (Å²) in [7, 11) is 0. The number of nitrogens with zero attached hydrogens (tertiary/aromatic N) is 5. The van der Waals surface area contributed by atoms with E-state index in [1.807, 2.05) is 13.0 Å². The van der Waals surface area contributed by atoms with Crippen molar-refractivity contribution in [2.24, 2.45) is 0 Å². The van der Waals surface area contributed by atoms with E-state index in [1.165, 1.54) is 11.8 Å². The van der Waals surface area contributed by atoms with Crippen LogP contribution in [0.2, 0.25) is 0 Å². The third-order valence-electron chi connectivity index (χ3n) is 5.98. The monoisotopic (exact) mass is 488 g/mol. The van der Waals surface area contributed by atoms with Gasteiger partial charge in [-0.15, -0.1) is 0 Å². The molecule has 0 fully saturated rings. The van der Waals surface area contributed by atoms with Crippen molar-refractivity contribution < 1.29 is 22.4 Å². The molecule has 3 aromatic heterocycles. The van der Waals surface area contributed by atoms with E-state index in [2.05, 4.69) is 25.3 Å². The van der Waals surface area contributed by atoms with Crippen LogP contribution in [0, 0.1) is 12.7 Å². The van der Waals surface area contributed by atoms with Gasteiger partial charge in [-0.2, -0.15) is 13.2 Å². The molecule has 1 atom stereocenters. The van der Waals surface area contributed by atoms with Gasteiger partial charge < -0.3 is 10.2 Å². The lowest BCUT2D eigenvalue weighted by molar-refractivity contribution is -0.141. The Morgan fingerprint density at radius 1 is 1.14 bits per heavy atom. The zero-order valence-corrected chi connectivity index (χ0v) is 19.2. The van der Waals surface area contributed by atoms with Crippen LogP contribution in [0.25, 0.3) is 11.4 Å². The number of hydrogen-bond acceptors (Lipinski definition) is 6. The number of hydrogen-bond donors (Lipinski definition) is 1. The Hall–Kier alpha value is -3.63. The molecule has 0 aliphatic carbocycles. The standard InChI is InChI=1S/C24H24F4N6O/c1-14(17-11-20(24(26,27)28)31-12-19(17)25)23(35)34-9-4-3-6-16-10-18(22-29-7-5-8-30-22)15(2)33-21(16)32-13-34/h5,7-8,10-12,14H,3-4,6,9,13H2,1-2H3,(H,32,33)/t14-/m0/s1. The van der Waals surface area contributed by atoms with E-state index >= 15 is 0 Å². The van der Waals surface area contributed by atoms with Crippen LogP contribution in [0.15, 0.2) is 36.8 Å². The number of nitrogens with one attached hydrogen (secondary N) is 1. The highest BCUT2D eigenvalue weighted by Gasteiger charge is 2.35.